The maximum Gasteiger partial charge on any atom is 0.244 e. The predicted octanol–water partition coefficient (Wildman–Crippen LogP) is 3.17. The van der Waals surface area contributed by atoms with Crippen molar-refractivity contribution in [2.75, 3.05) is 10.6 Å². The van der Waals surface area contributed by atoms with Crippen molar-refractivity contribution in [1.29, 1.82) is 0 Å². The molecule has 1 N–H and O–H groups in total. The van der Waals surface area contributed by atoms with Gasteiger partial charge < -0.3 is 5.32 Å². The summed E-state index contributed by atoms with van der Waals surface area (Å²) in [5, 5.41) is 2.78. The molecule has 1 amide bonds. The molecule has 7 heteroatoms. The van der Waals surface area contributed by atoms with Gasteiger partial charge in [0.1, 0.15) is 11.9 Å². The van der Waals surface area contributed by atoms with Crippen LogP contribution in [0.3, 0.4) is 0 Å². The van der Waals surface area contributed by atoms with Gasteiger partial charge in [0.15, 0.2) is 0 Å². The molecule has 5 nitrogen and oxygen atoms in total. The molecule has 0 heterocycles. The zero-order valence-electron chi connectivity index (χ0n) is 15.2. The normalized spacial score (nSPS) is 13.7. The summed E-state index contributed by atoms with van der Waals surface area (Å²) in [4.78, 5) is 12.6. The van der Waals surface area contributed by atoms with E-state index in [2.05, 4.69) is 5.32 Å². The van der Waals surface area contributed by atoms with Gasteiger partial charge in [0.2, 0.25) is 15.9 Å². The maximum atomic E-state index is 13.0. The molecule has 2 aromatic rings. The van der Waals surface area contributed by atoms with Crippen LogP contribution in [-0.4, -0.2) is 26.6 Å². The lowest BCUT2D eigenvalue weighted by Crippen LogP contribution is -2.48. The summed E-state index contributed by atoms with van der Waals surface area (Å²) in [6, 6.07) is 11.4. The Hall–Kier alpha value is -2.41. The van der Waals surface area contributed by atoms with Crippen LogP contribution in [0.4, 0.5) is 10.1 Å². The Morgan fingerprint density at radius 2 is 1.58 bits per heavy atom. The number of rotatable bonds is 6. The van der Waals surface area contributed by atoms with Gasteiger partial charge in [-0.2, -0.15) is 0 Å². The van der Waals surface area contributed by atoms with Crippen LogP contribution in [0, 0.1) is 12.7 Å². The zero-order valence-corrected chi connectivity index (χ0v) is 16.0. The van der Waals surface area contributed by atoms with Crippen molar-refractivity contribution in [3.05, 3.63) is 65.5 Å². The number of nitrogens with zero attached hydrogens (tertiary/aromatic N) is 1. The Balaban J connectivity index is 2.22. The summed E-state index contributed by atoms with van der Waals surface area (Å²) >= 11 is 0. The Kier molecular flexibility index (Phi) is 6.02. The highest BCUT2D eigenvalue weighted by Gasteiger charge is 2.29. The lowest BCUT2D eigenvalue weighted by atomic mass is 10.1. The third-order valence-corrected chi connectivity index (χ3v) is 5.35. The first-order valence-corrected chi connectivity index (χ1v) is 10.1. The average molecular weight is 378 g/mol. The number of nitrogens with one attached hydrogen (secondary N) is 1. The summed E-state index contributed by atoms with van der Waals surface area (Å²) in [6.45, 7) is 5.19. The minimum Gasteiger partial charge on any atom is -0.348 e. The van der Waals surface area contributed by atoms with E-state index in [9.17, 15) is 17.6 Å². The molecule has 26 heavy (non-hydrogen) atoms. The van der Waals surface area contributed by atoms with Crippen LogP contribution in [0.25, 0.3) is 0 Å². The molecule has 0 bridgehead atoms. The van der Waals surface area contributed by atoms with Gasteiger partial charge in [0.05, 0.1) is 18.0 Å². The highest BCUT2D eigenvalue weighted by atomic mass is 32.2. The van der Waals surface area contributed by atoms with Gasteiger partial charge in [0, 0.05) is 0 Å². The van der Waals surface area contributed by atoms with Gasteiger partial charge >= 0.3 is 0 Å². The molecular formula is C19H23FN2O3S. The van der Waals surface area contributed by atoms with E-state index in [1.54, 1.807) is 43.3 Å². The number of anilines is 1. The van der Waals surface area contributed by atoms with Crippen molar-refractivity contribution in [1.82, 2.24) is 5.32 Å². The molecule has 2 unspecified atom stereocenters. The standard InChI is InChI=1S/C19H23FN2O3S/c1-13-5-11-18(12-6-13)22(26(4,24)25)15(3)19(23)21-14(2)16-7-9-17(20)10-8-16/h5-12,14-15H,1-4H3,(H,21,23). The van der Waals surface area contributed by atoms with Crippen molar-refractivity contribution in [3.8, 4) is 0 Å². The summed E-state index contributed by atoms with van der Waals surface area (Å²) in [6.07, 6.45) is 1.07. The summed E-state index contributed by atoms with van der Waals surface area (Å²) in [5.74, 6) is -0.795. The van der Waals surface area contributed by atoms with Gasteiger partial charge in [-0.3, -0.25) is 9.10 Å². The molecule has 0 saturated heterocycles. The van der Waals surface area contributed by atoms with Crippen LogP contribution in [-0.2, 0) is 14.8 Å². The number of hydrogen-bond donors (Lipinski definition) is 1. The smallest absolute Gasteiger partial charge is 0.244 e. The van der Waals surface area contributed by atoms with Crippen molar-refractivity contribution in [2.45, 2.75) is 32.9 Å². The van der Waals surface area contributed by atoms with Gasteiger partial charge in [-0.05, 0) is 50.6 Å². The lowest BCUT2D eigenvalue weighted by Gasteiger charge is -2.29. The van der Waals surface area contributed by atoms with Gasteiger partial charge in [-0.25, -0.2) is 12.8 Å². The molecule has 0 aliphatic heterocycles. The lowest BCUT2D eigenvalue weighted by molar-refractivity contribution is -0.122. The molecule has 0 fully saturated rings. The van der Waals surface area contributed by atoms with Gasteiger partial charge in [-0.15, -0.1) is 0 Å². The molecule has 0 saturated carbocycles. The minimum absolute atomic E-state index is 0.358. The molecule has 2 rings (SSSR count). The highest BCUT2D eigenvalue weighted by Crippen LogP contribution is 2.22. The van der Waals surface area contributed by atoms with E-state index in [0.717, 1.165) is 21.7 Å². The monoisotopic (exact) mass is 378 g/mol. The molecule has 0 aliphatic rings. The van der Waals surface area contributed by atoms with Crippen molar-refractivity contribution < 1.29 is 17.6 Å². The van der Waals surface area contributed by atoms with Crippen molar-refractivity contribution >= 4 is 21.6 Å². The second-order valence-electron chi connectivity index (χ2n) is 6.35. The first-order chi connectivity index (χ1) is 12.1. The molecule has 0 aliphatic carbocycles. The van der Waals surface area contributed by atoms with Crippen molar-refractivity contribution in [2.24, 2.45) is 0 Å². The van der Waals surface area contributed by atoms with E-state index in [1.807, 2.05) is 6.92 Å². The van der Waals surface area contributed by atoms with Crippen LogP contribution in [0.1, 0.15) is 31.0 Å². The summed E-state index contributed by atoms with van der Waals surface area (Å²) in [5.41, 5.74) is 2.15. The number of hydrogen-bond acceptors (Lipinski definition) is 3. The third kappa shape index (κ3) is 4.82. The number of amides is 1. The van der Waals surface area contributed by atoms with E-state index in [1.165, 1.54) is 19.1 Å². The number of aryl methyl sites for hydroxylation is 1. The molecular weight excluding hydrogens is 355 g/mol. The summed E-state index contributed by atoms with van der Waals surface area (Å²) < 4.78 is 38.7. The van der Waals surface area contributed by atoms with E-state index in [-0.39, 0.29) is 11.9 Å². The van der Waals surface area contributed by atoms with Crippen LogP contribution in [0.5, 0.6) is 0 Å². The third-order valence-electron chi connectivity index (χ3n) is 4.11. The average Bonchev–Trinajstić information content (AvgIpc) is 2.56. The summed E-state index contributed by atoms with van der Waals surface area (Å²) in [7, 11) is -3.66. The fourth-order valence-corrected chi connectivity index (χ4v) is 3.84. The number of carbonyl (C=O) groups is 1. The number of carbonyl (C=O) groups excluding carboxylic acids is 1. The number of halogens is 1. The van der Waals surface area contributed by atoms with E-state index < -0.39 is 22.0 Å². The second-order valence-corrected chi connectivity index (χ2v) is 8.21. The maximum absolute atomic E-state index is 13.0. The van der Waals surface area contributed by atoms with E-state index in [4.69, 9.17) is 0 Å². The quantitative estimate of drug-likeness (QED) is 0.840. The minimum atomic E-state index is -3.66. The molecule has 0 spiro atoms. The Morgan fingerprint density at radius 3 is 2.08 bits per heavy atom. The van der Waals surface area contributed by atoms with Crippen LogP contribution >= 0.6 is 0 Å². The molecule has 0 aromatic heterocycles. The fraction of sp³-hybridized carbons (Fsp3) is 0.316. The molecule has 2 aromatic carbocycles. The van der Waals surface area contributed by atoms with E-state index in [0.29, 0.717) is 5.69 Å². The largest absolute Gasteiger partial charge is 0.348 e. The van der Waals surface area contributed by atoms with Crippen LogP contribution in [0.15, 0.2) is 48.5 Å². The number of benzene rings is 2. The van der Waals surface area contributed by atoms with E-state index >= 15 is 0 Å². The number of sulfonamides is 1. The first kappa shape index (κ1) is 19.9. The van der Waals surface area contributed by atoms with Crippen LogP contribution < -0.4 is 9.62 Å². The molecule has 140 valence electrons. The van der Waals surface area contributed by atoms with Gasteiger partial charge in [-0.1, -0.05) is 29.8 Å². The Labute approximate surface area is 153 Å². The first-order valence-electron chi connectivity index (χ1n) is 8.21. The highest BCUT2D eigenvalue weighted by molar-refractivity contribution is 7.92. The van der Waals surface area contributed by atoms with Crippen molar-refractivity contribution in [3.63, 3.8) is 0 Å². The Bertz CT molecular complexity index is 865. The SMILES string of the molecule is Cc1ccc(N(C(C)C(=O)NC(C)c2ccc(F)cc2)S(C)(=O)=O)cc1. The molecule has 2 atom stereocenters. The fourth-order valence-electron chi connectivity index (χ4n) is 2.67. The van der Waals surface area contributed by atoms with Crippen LogP contribution in [0.2, 0.25) is 0 Å². The second kappa shape index (κ2) is 7.86. The topological polar surface area (TPSA) is 66.5 Å². The zero-order chi connectivity index (χ0) is 19.5. The Morgan fingerprint density at radius 1 is 1.04 bits per heavy atom. The predicted molar refractivity (Wildman–Crippen MR) is 101 cm³/mol. The van der Waals surface area contributed by atoms with Gasteiger partial charge in [0.25, 0.3) is 0 Å². The molecule has 0 radical (unpaired) electrons.